The molecule has 0 radical (unpaired) electrons. The van der Waals surface area contributed by atoms with E-state index in [1.54, 1.807) is 19.2 Å². The predicted octanol–water partition coefficient (Wildman–Crippen LogP) is 3.02. The van der Waals surface area contributed by atoms with Crippen LogP contribution in [0.5, 0.6) is 5.75 Å². The summed E-state index contributed by atoms with van der Waals surface area (Å²) in [5.41, 5.74) is 11.4. The van der Waals surface area contributed by atoms with Crippen LogP contribution in [0.25, 0.3) is 0 Å². The lowest BCUT2D eigenvalue weighted by atomic mass is 9.70. The standard InChI is InChI=1S/C38H49N7O5/c1-24-19-30(39)33(50-2)21-32(24)43-17-11-38(12-18-43)9-15-42(16-10-38)25-7-13-41(14-8-25)27-22-44(23-27)26-3-4-28-29(20-26)37(49)45(36(28)48)31-5-6-34(46)40-35(31)47/h3-4,19-21,25,27,31H,5-18,22-23,39H2,1-2H3,(H,40,46,47). The number of amides is 4. The number of nitrogen functional groups attached to an aromatic ring is 1. The fourth-order valence-electron chi connectivity index (χ4n) is 9.47. The summed E-state index contributed by atoms with van der Waals surface area (Å²) in [4.78, 5) is 61.6. The number of methoxy groups -OCH3 is 1. The maximum atomic E-state index is 13.3. The van der Waals surface area contributed by atoms with Gasteiger partial charge in [-0.05, 0) is 100 Å². The van der Waals surface area contributed by atoms with Gasteiger partial charge in [0.05, 0.1) is 23.9 Å². The van der Waals surface area contributed by atoms with E-state index in [0.29, 0.717) is 34.3 Å². The first-order chi connectivity index (χ1) is 24.1. The van der Waals surface area contributed by atoms with Crippen molar-refractivity contribution in [3.8, 4) is 5.75 Å². The fourth-order valence-corrected chi connectivity index (χ4v) is 9.47. The molecule has 4 amide bonds. The summed E-state index contributed by atoms with van der Waals surface area (Å²) >= 11 is 0. The maximum Gasteiger partial charge on any atom is 0.262 e. The number of carbonyl (C=O) groups is 4. The molecule has 12 heteroatoms. The van der Waals surface area contributed by atoms with Crippen LogP contribution in [0, 0.1) is 12.3 Å². The Hall–Kier alpha value is -4.16. The Balaban J connectivity index is 0.794. The highest BCUT2D eigenvalue weighted by Crippen LogP contribution is 2.44. The molecule has 5 fully saturated rings. The molecular formula is C38H49N7O5. The van der Waals surface area contributed by atoms with Gasteiger partial charge in [0.2, 0.25) is 11.8 Å². The van der Waals surface area contributed by atoms with Crippen LogP contribution in [0.15, 0.2) is 30.3 Å². The minimum absolute atomic E-state index is 0.114. The molecule has 1 spiro atoms. The number of nitrogens with zero attached hydrogens (tertiary/aromatic N) is 5. The zero-order chi connectivity index (χ0) is 34.7. The molecule has 6 aliphatic heterocycles. The molecule has 3 N–H and O–H groups in total. The number of benzene rings is 2. The quantitative estimate of drug-likeness (QED) is 0.346. The SMILES string of the molecule is COc1cc(N2CCC3(CC2)CCN(C2CCN(C4CN(c5ccc6c(c5)C(=O)N(C5CCC(=O)NC5=O)C6=O)C4)CC2)CC3)c(C)cc1N. The molecule has 0 aromatic heterocycles. The van der Waals surface area contributed by atoms with Crippen LogP contribution < -0.4 is 25.6 Å². The topological polar surface area (TPSA) is 132 Å². The van der Waals surface area contributed by atoms with E-state index in [4.69, 9.17) is 10.5 Å². The first kappa shape index (κ1) is 33.0. The van der Waals surface area contributed by atoms with Crippen molar-refractivity contribution in [3.63, 3.8) is 0 Å². The molecule has 1 unspecified atom stereocenters. The summed E-state index contributed by atoms with van der Waals surface area (Å²) in [6.07, 6.45) is 7.77. The Kier molecular flexibility index (Phi) is 8.49. The molecule has 8 rings (SSSR count). The smallest absolute Gasteiger partial charge is 0.262 e. The number of ether oxygens (including phenoxy) is 1. The summed E-state index contributed by atoms with van der Waals surface area (Å²) in [6, 6.07) is 9.76. The van der Waals surface area contributed by atoms with Crippen molar-refractivity contribution in [2.24, 2.45) is 5.41 Å². The highest BCUT2D eigenvalue weighted by molar-refractivity contribution is 6.23. The first-order valence-corrected chi connectivity index (χ1v) is 18.4. The van der Waals surface area contributed by atoms with Gasteiger partial charge in [-0.25, -0.2) is 0 Å². The molecule has 1 atom stereocenters. The van der Waals surface area contributed by atoms with Gasteiger partial charge >= 0.3 is 0 Å². The minimum atomic E-state index is -0.945. The number of piperidine rings is 4. The lowest BCUT2D eigenvalue weighted by molar-refractivity contribution is -0.136. The average molecular weight is 684 g/mol. The van der Waals surface area contributed by atoms with Crippen LogP contribution in [0.2, 0.25) is 0 Å². The highest BCUT2D eigenvalue weighted by Gasteiger charge is 2.46. The van der Waals surface area contributed by atoms with E-state index >= 15 is 0 Å². The second-order valence-corrected chi connectivity index (χ2v) is 15.4. The van der Waals surface area contributed by atoms with Crippen LogP contribution in [-0.2, 0) is 9.59 Å². The lowest BCUT2D eigenvalue weighted by Gasteiger charge is -2.52. The van der Waals surface area contributed by atoms with Crippen molar-refractivity contribution >= 4 is 40.7 Å². The Bertz CT molecular complexity index is 1700. The second kappa shape index (κ2) is 12.9. The normalized spacial score (nSPS) is 25.2. The molecule has 2 aromatic rings. The average Bonchev–Trinajstić information content (AvgIpc) is 3.34. The van der Waals surface area contributed by atoms with Crippen molar-refractivity contribution < 1.29 is 23.9 Å². The molecule has 0 saturated carbocycles. The Morgan fingerprint density at radius 1 is 0.780 bits per heavy atom. The number of imide groups is 2. The third kappa shape index (κ3) is 5.79. The van der Waals surface area contributed by atoms with Crippen molar-refractivity contribution in [1.29, 1.82) is 0 Å². The Morgan fingerprint density at radius 3 is 2.12 bits per heavy atom. The molecule has 266 valence electrons. The third-order valence-electron chi connectivity index (χ3n) is 12.8. The van der Waals surface area contributed by atoms with Crippen LogP contribution in [0.1, 0.15) is 77.6 Å². The van der Waals surface area contributed by atoms with Crippen LogP contribution in [-0.4, -0.2) is 116 Å². The number of hydrogen-bond donors (Lipinski definition) is 2. The Morgan fingerprint density at radius 2 is 1.44 bits per heavy atom. The molecule has 6 aliphatic rings. The number of anilines is 3. The summed E-state index contributed by atoms with van der Waals surface area (Å²) in [5, 5.41) is 2.26. The summed E-state index contributed by atoms with van der Waals surface area (Å²) in [7, 11) is 1.68. The van der Waals surface area contributed by atoms with Gasteiger partial charge in [-0.15, -0.1) is 0 Å². The van der Waals surface area contributed by atoms with E-state index < -0.39 is 23.8 Å². The third-order valence-corrected chi connectivity index (χ3v) is 12.8. The molecule has 2 aromatic carbocycles. The van der Waals surface area contributed by atoms with Gasteiger partial charge in [-0.2, -0.15) is 0 Å². The van der Waals surface area contributed by atoms with Gasteiger partial charge in [0.15, 0.2) is 0 Å². The molecule has 12 nitrogen and oxygen atoms in total. The van der Waals surface area contributed by atoms with Gasteiger partial charge in [-0.3, -0.25) is 34.3 Å². The van der Waals surface area contributed by atoms with Crippen molar-refractivity contribution in [2.45, 2.75) is 76.4 Å². The van der Waals surface area contributed by atoms with Crippen LogP contribution >= 0.6 is 0 Å². The van der Waals surface area contributed by atoms with Crippen LogP contribution in [0.4, 0.5) is 17.1 Å². The second-order valence-electron chi connectivity index (χ2n) is 15.4. The van der Waals surface area contributed by atoms with E-state index in [9.17, 15) is 19.2 Å². The van der Waals surface area contributed by atoms with E-state index in [-0.39, 0.29) is 18.7 Å². The van der Waals surface area contributed by atoms with Gasteiger partial charge in [-0.1, -0.05) is 0 Å². The maximum absolute atomic E-state index is 13.3. The van der Waals surface area contributed by atoms with Gasteiger partial charge in [0, 0.05) is 75.2 Å². The highest BCUT2D eigenvalue weighted by atomic mass is 16.5. The van der Waals surface area contributed by atoms with Gasteiger partial charge in [0.1, 0.15) is 11.8 Å². The number of nitrogens with one attached hydrogen (secondary N) is 1. The zero-order valence-electron chi connectivity index (χ0n) is 29.3. The van der Waals surface area contributed by atoms with Crippen molar-refractivity contribution in [1.82, 2.24) is 20.0 Å². The largest absolute Gasteiger partial charge is 0.495 e. The fraction of sp³-hybridized carbons (Fsp3) is 0.579. The number of hydrogen-bond acceptors (Lipinski definition) is 10. The number of likely N-dealkylation sites (tertiary alicyclic amines) is 2. The number of aryl methyl sites for hydroxylation is 1. The van der Waals surface area contributed by atoms with E-state index in [2.05, 4.69) is 37.9 Å². The molecule has 6 heterocycles. The minimum Gasteiger partial charge on any atom is -0.495 e. The molecule has 0 bridgehead atoms. The monoisotopic (exact) mass is 683 g/mol. The summed E-state index contributed by atoms with van der Waals surface area (Å²) < 4.78 is 5.51. The number of nitrogens with two attached hydrogens (primary N) is 1. The molecule has 0 aliphatic carbocycles. The molecular weight excluding hydrogens is 634 g/mol. The lowest BCUT2D eigenvalue weighted by Crippen LogP contribution is -2.62. The zero-order valence-corrected chi connectivity index (χ0v) is 29.3. The number of rotatable bonds is 6. The van der Waals surface area contributed by atoms with E-state index in [1.165, 1.54) is 62.9 Å². The van der Waals surface area contributed by atoms with Crippen molar-refractivity contribution in [2.75, 3.05) is 75.0 Å². The van der Waals surface area contributed by atoms with Gasteiger partial charge in [0.25, 0.3) is 11.8 Å². The predicted molar refractivity (Wildman–Crippen MR) is 191 cm³/mol. The molecule has 5 saturated heterocycles. The summed E-state index contributed by atoms with van der Waals surface area (Å²) in [5.74, 6) is -1.11. The van der Waals surface area contributed by atoms with Crippen molar-refractivity contribution in [3.05, 3.63) is 47.0 Å². The van der Waals surface area contributed by atoms with E-state index in [1.807, 2.05) is 12.1 Å². The van der Waals surface area contributed by atoms with E-state index in [0.717, 1.165) is 55.6 Å². The Labute approximate surface area is 293 Å². The molecule has 50 heavy (non-hydrogen) atoms. The van der Waals surface area contributed by atoms with Crippen LogP contribution in [0.3, 0.4) is 0 Å². The van der Waals surface area contributed by atoms with Gasteiger partial charge < -0.3 is 25.2 Å². The first-order valence-electron chi connectivity index (χ1n) is 18.4. The number of fused-ring (bicyclic) bond motifs is 1. The summed E-state index contributed by atoms with van der Waals surface area (Å²) in [6.45, 7) is 10.8. The number of carbonyl (C=O) groups excluding carboxylic acids is 4.